The van der Waals surface area contributed by atoms with Gasteiger partial charge in [-0.3, -0.25) is 9.59 Å². The fourth-order valence-corrected chi connectivity index (χ4v) is 2.67. The van der Waals surface area contributed by atoms with Crippen LogP contribution in [0.1, 0.15) is 28.8 Å². The van der Waals surface area contributed by atoms with Crippen molar-refractivity contribution < 1.29 is 27.5 Å². The van der Waals surface area contributed by atoms with Gasteiger partial charge in [-0.15, -0.1) is 0 Å². The Morgan fingerprint density at radius 1 is 1.04 bits per heavy atom. The Labute approximate surface area is 144 Å². The topological polar surface area (TPSA) is 49.9 Å². The van der Waals surface area contributed by atoms with Crippen molar-refractivity contribution >= 4 is 11.8 Å². The molecular weight excluding hydrogens is 337 g/mol. The average Bonchev–Trinajstić information content (AvgIpc) is 2.61. The van der Waals surface area contributed by atoms with Crippen molar-refractivity contribution in [1.82, 2.24) is 9.80 Å². The molecule has 8 heteroatoms. The van der Waals surface area contributed by atoms with E-state index in [-0.39, 0.29) is 17.4 Å². The third kappa shape index (κ3) is 5.19. The molecule has 0 radical (unpaired) electrons. The first-order valence-corrected chi connectivity index (χ1v) is 8.06. The predicted octanol–water partition coefficient (Wildman–Crippen LogP) is 2.42. The van der Waals surface area contributed by atoms with Crippen LogP contribution in [-0.2, 0) is 15.7 Å². The number of rotatable bonds is 5. The van der Waals surface area contributed by atoms with Gasteiger partial charge in [0, 0.05) is 51.9 Å². The summed E-state index contributed by atoms with van der Waals surface area (Å²) in [6.45, 7) is 2.13. The molecule has 1 aliphatic rings. The highest BCUT2D eigenvalue weighted by Gasteiger charge is 2.31. The molecule has 5 nitrogen and oxygen atoms in total. The third-order valence-electron chi connectivity index (χ3n) is 4.12. The number of carbonyl (C=O) groups excluding carboxylic acids is 2. The van der Waals surface area contributed by atoms with E-state index in [0.29, 0.717) is 45.6 Å². The molecule has 2 rings (SSSR count). The predicted molar refractivity (Wildman–Crippen MR) is 85.0 cm³/mol. The molecular formula is C17H21F3N2O3. The van der Waals surface area contributed by atoms with E-state index in [9.17, 15) is 22.8 Å². The lowest BCUT2D eigenvalue weighted by molar-refractivity contribution is -0.137. The minimum atomic E-state index is -4.42. The molecule has 0 N–H and O–H groups in total. The van der Waals surface area contributed by atoms with Gasteiger partial charge in [0.2, 0.25) is 5.91 Å². The Morgan fingerprint density at radius 2 is 1.60 bits per heavy atom. The van der Waals surface area contributed by atoms with Gasteiger partial charge < -0.3 is 14.5 Å². The van der Waals surface area contributed by atoms with E-state index in [0.717, 1.165) is 12.1 Å². The first-order chi connectivity index (χ1) is 11.8. The number of carbonyl (C=O) groups is 2. The van der Waals surface area contributed by atoms with Crippen LogP contribution in [0.25, 0.3) is 0 Å². The number of piperazine rings is 1. The second-order valence-electron chi connectivity index (χ2n) is 5.84. The van der Waals surface area contributed by atoms with Crippen LogP contribution in [0.3, 0.4) is 0 Å². The normalized spacial score (nSPS) is 15.4. The van der Waals surface area contributed by atoms with Gasteiger partial charge >= 0.3 is 6.18 Å². The van der Waals surface area contributed by atoms with E-state index in [1.54, 1.807) is 16.9 Å². The molecule has 2 amide bonds. The SMILES string of the molecule is COCCCC(=O)N1CCN(C(=O)c2ccc(C(F)(F)F)cc2)CC1. The minimum absolute atomic E-state index is 0.0266. The largest absolute Gasteiger partial charge is 0.416 e. The maximum Gasteiger partial charge on any atom is 0.416 e. The van der Waals surface area contributed by atoms with Crippen molar-refractivity contribution in [2.24, 2.45) is 0 Å². The van der Waals surface area contributed by atoms with Gasteiger partial charge in [-0.25, -0.2) is 0 Å². The van der Waals surface area contributed by atoms with E-state index in [2.05, 4.69) is 0 Å². The van der Waals surface area contributed by atoms with Crippen LogP contribution in [0.5, 0.6) is 0 Å². The number of halogens is 3. The summed E-state index contributed by atoms with van der Waals surface area (Å²) in [5, 5.41) is 0. The molecule has 0 spiro atoms. The Bertz CT molecular complexity index is 594. The fourth-order valence-electron chi connectivity index (χ4n) is 2.67. The van der Waals surface area contributed by atoms with Crippen molar-refractivity contribution in [3.63, 3.8) is 0 Å². The van der Waals surface area contributed by atoms with E-state index >= 15 is 0 Å². The smallest absolute Gasteiger partial charge is 0.385 e. The van der Waals surface area contributed by atoms with Gasteiger partial charge in [0.1, 0.15) is 0 Å². The molecule has 0 unspecified atom stereocenters. The second-order valence-corrected chi connectivity index (χ2v) is 5.84. The lowest BCUT2D eigenvalue weighted by atomic mass is 10.1. The molecule has 0 atom stereocenters. The van der Waals surface area contributed by atoms with E-state index in [4.69, 9.17) is 4.74 Å². The van der Waals surface area contributed by atoms with Crippen LogP contribution in [0.15, 0.2) is 24.3 Å². The van der Waals surface area contributed by atoms with E-state index < -0.39 is 11.7 Å². The first-order valence-electron chi connectivity index (χ1n) is 8.06. The molecule has 0 bridgehead atoms. The molecule has 1 fully saturated rings. The number of nitrogens with zero attached hydrogens (tertiary/aromatic N) is 2. The number of hydrogen-bond donors (Lipinski definition) is 0. The Hall–Kier alpha value is -2.09. The summed E-state index contributed by atoms with van der Waals surface area (Å²) in [5.41, 5.74) is -0.566. The molecule has 1 aromatic rings. The number of ether oxygens (including phenoxy) is 1. The highest BCUT2D eigenvalue weighted by molar-refractivity contribution is 5.94. The van der Waals surface area contributed by atoms with Crippen LogP contribution in [0, 0.1) is 0 Å². The number of methoxy groups -OCH3 is 1. The molecule has 0 aromatic heterocycles. The Balaban J connectivity index is 1.87. The van der Waals surface area contributed by atoms with Crippen LogP contribution in [-0.4, -0.2) is 61.5 Å². The number of alkyl halides is 3. The summed E-state index contributed by atoms with van der Waals surface area (Å²) >= 11 is 0. The zero-order valence-electron chi connectivity index (χ0n) is 14.0. The van der Waals surface area contributed by atoms with Crippen molar-refractivity contribution in [3.05, 3.63) is 35.4 Å². The molecule has 138 valence electrons. The summed E-state index contributed by atoms with van der Waals surface area (Å²) in [6.07, 6.45) is -3.36. The third-order valence-corrected chi connectivity index (χ3v) is 4.12. The second kappa shape index (κ2) is 8.33. The van der Waals surface area contributed by atoms with Crippen LogP contribution < -0.4 is 0 Å². The summed E-state index contributed by atoms with van der Waals surface area (Å²) < 4.78 is 42.6. The number of benzene rings is 1. The molecule has 1 aliphatic heterocycles. The highest BCUT2D eigenvalue weighted by Crippen LogP contribution is 2.29. The molecule has 1 heterocycles. The van der Waals surface area contributed by atoms with Crippen LogP contribution in [0.2, 0.25) is 0 Å². The molecule has 25 heavy (non-hydrogen) atoms. The van der Waals surface area contributed by atoms with Crippen LogP contribution in [0.4, 0.5) is 13.2 Å². The van der Waals surface area contributed by atoms with E-state index in [1.165, 1.54) is 12.1 Å². The first kappa shape index (κ1) is 19.2. The average molecular weight is 358 g/mol. The summed E-state index contributed by atoms with van der Waals surface area (Å²) in [5.74, 6) is -0.293. The van der Waals surface area contributed by atoms with Crippen molar-refractivity contribution in [2.75, 3.05) is 39.9 Å². The lowest BCUT2D eigenvalue weighted by Crippen LogP contribution is -2.50. The minimum Gasteiger partial charge on any atom is -0.385 e. The summed E-state index contributed by atoms with van der Waals surface area (Å²) in [7, 11) is 1.58. The standard InChI is InChI=1S/C17H21F3N2O3/c1-25-12-2-3-15(23)21-8-10-22(11-9-21)16(24)13-4-6-14(7-5-13)17(18,19)20/h4-7H,2-3,8-12H2,1H3. The highest BCUT2D eigenvalue weighted by atomic mass is 19.4. The maximum atomic E-state index is 12.6. The monoisotopic (exact) mass is 358 g/mol. The zero-order chi connectivity index (χ0) is 18.4. The van der Waals surface area contributed by atoms with Crippen molar-refractivity contribution in [2.45, 2.75) is 19.0 Å². The van der Waals surface area contributed by atoms with Gasteiger partial charge in [0.05, 0.1) is 5.56 Å². The fraction of sp³-hybridized carbons (Fsp3) is 0.529. The van der Waals surface area contributed by atoms with Crippen molar-refractivity contribution in [3.8, 4) is 0 Å². The Kier molecular flexibility index (Phi) is 6.41. The molecule has 0 saturated carbocycles. The molecule has 1 saturated heterocycles. The maximum absolute atomic E-state index is 12.6. The summed E-state index contributed by atoms with van der Waals surface area (Å²) in [4.78, 5) is 27.6. The van der Waals surface area contributed by atoms with Gasteiger partial charge in [0.25, 0.3) is 5.91 Å². The zero-order valence-corrected chi connectivity index (χ0v) is 14.0. The van der Waals surface area contributed by atoms with Crippen molar-refractivity contribution in [1.29, 1.82) is 0 Å². The quantitative estimate of drug-likeness (QED) is 0.760. The number of hydrogen-bond acceptors (Lipinski definition) is 3. The Morgan fingerprint density at radius 3 is 2.12 bits per heavy atom. The molecule has 0 aliphatic carbocycles. The van der Waals surface area contributed by atoms with Gasteiger partial charge in [-0.1, -0.05) is 0 Å². The van der Waals surface area contributed by atoms with E-state index in [1.807, 2.05) is 0 Å². The lowest BCUT2D eigenvalue weighted by Gasteiger charge is -2.35. The number of amides is 2. The van der Waals surface area contributed by atoms with Gasteiger partial charge in [-0.2, -0.15) is 13.2 Å². The van der Waals surface area contributed by atoms with Gasteiger partial charge in [0.15, 0.2) is 0 Å². The van der Waals surface area contributed by atoms with Gasteiger partial charge in [-0.05, 0) is 30.7 Å². The molecule has 1 aromatic carbocycles. The summed E-state index contributed by atoms with van der Waals surface area (Å²) in [6, 6.07) is 4.19. The van der Waals surface area contributed by atoms with Crippen LogP contribution >= 0.6 is 0 Å².